The van der Waals surface area contributed by atoms with Crippen LogP contribution in [0, 0.1) is 13.8 Å². The Labute approximate surface area is 153 Å². The summed E-state index contributed by atoms with van der Waals surface area (Å²) in [6, 6.07) is 8.45. The number of hydrogen-bond donors (Lipinski definition) is 2. The van der Waals surface area contributed by atoms with Crippen LogP contribution in [0.5, 0.6) is 11.5 Å². The maximum atomic E-state index is 11.7. The Morgan fingerprint density at radius 1 is 1.33 bits per heavy atom. The number of nitrogens with zero attached hydrogens (tertiary/aromatic N) is 1. The fourth-order valence-electron chi connectivity index (χ4n) is 1.97. The quantitative estimate of drug-likeness (QED) is 0.578. The minimum Gasteiger partial charge on any atom is -0.507 e. The topological polar surface area (TPSA) is 70.9 Å². The number of halogens is 2. The van der Waals surface area contributed by atoms with Crippen LogP contribution in [0.2, 0.25) is 5.02 Å². The number of rotatable bonds is 5. The smallest absolute Gasteiger partial charge is 0.277 e. The summed E-state index contributed by atoms with van der Waals surface area (Å²) in [5, 5.41) is 14.2. The van der Waals surface area contributed by atoms with Gasteiger partial charge < -0.3 is 9.84 Å². The summed E-state index contributed by atoms with van der Waals surface area (Å²) in [5.74, 6) is 0.226. The zero-order valence-corrected chi connectivity index (χ0v) is 15.5. The third-order valence-electron chi connectivity index (χ3n) is 3.16. The Morgan fingerprint density at radius 2 is 2.00 bits per heavy atom. The van der Waals surface area contributed by atoms with E-state index >= 15 is 0 Å². The molecule has 0 fully saturated rings. The molecule has 0 atom stereocenters. The van der Waals surface area contributed by atoms with Crippen LogP contribution in [0.25, 0.3) is 0 Å². The van der Waals surface area contributed by atoms with Crippen LogP contribution in [-0.2, 0) is 4.79 Å². The van der Waals surface area contributed by atoms with E-state index in [2.05, 4.69) is 26.5 Å². The van der Waals surface area contributed by atoms with Gasteiger partial charge in [-0.15, -0.1) is 0 Å². The van der Waals surface area contributed by atoms with Crippen LogP contribution < -0.4 is 10.2 Å². The summed E-state index contributed by atoms with van der Waals surface area (Å²) >= 11 is 9.38. The number of ether oxygens (including phenoxy) is 1. The first-order valence-electron chi connectivity index (χ1n) is 7.07. The lowest BCUT2D eigenvalue weighted by atomic mass is 10.1. The number of nitrogens with one attached hydrogen (secondary N) is 1. The SMILES string of the molecule is Cc1cc(OCC(=O)N/N=C/c2cc(Br)ccc2O)cc(C)c1Cl. The van der Waals surface area contributed by atoms with Crippen molar-refractivity contribution in [3.05, 3.63) is 56.5 Å². The molecule has 0 aliphatic rings. The fraction of sp³-hybridized carbons (Fsp3) is 0.176. The molecule has 2 aromatic carbocycles. The molecule has 24 heavy (non-hydrogen) atoms. The van der Waals surface area contributed by atoms with Crippen molar-refractivity contribution in [2.45, 2.75) is 13.8 Å². The normalized spacial score (nSPS) is 10.8. The Hall–Kier alpha value is -2.05. The second-order valence-electron chi connectivity index (χ2n) is 5.16. The summed E-state index contributed by atoms with van der Waals surface area (Å²) in [4.78, 5) is 11.7. The maximum absolute atomic E-state index is 11.7. The van der Waals surface area contributed by atoms with E-state index in [-0.39, 0.29) is 12.4 Å². The zero-order valence-electron chi connectivity index (χ0n) is 13.1. The molecule has 2 aromatic rings. The van der Waals surface area contributed by atoms with E-state index < -0.39 is 5.91 Å². The lowest BCUT2D eigenvalue weighted by molar-refractivity contribution is -0.123. The van der Waals surface area contributed by atoms with Gasteiger partial charge in [0.2, 0.25) is 0 Å². The molecule has 0 aromatic heterocycles. The molecule has 5 nitrogen and oxygen atoms in total. The minimum absolute atomic E-state index is 0.0690. The fourth-order valence-corrected chi connectivity index (χ4v) is 2.46. The highest BCUT2D eigenvalue weighted by molar-refractivity contribution is 9.10. The van der Waals surface area contributed by atoms with Crippen molar-refractivity contribution in [2.24, 2.45) is 5.10 Å². The first-order chi connectivity index (χ1) is 11.4. The monoisotopic (exact) mass is 410 g/mol. The average Bonchev–Trinajstić information content (AvgIpc) is 2.53. The Bertz CT molecular complexity index is 770. The van der Waals surface area contributed by atoms with Crippen molar-refractivity contribution < 1.29 is 14.6 Å². The lowest BCUT2D eigenvalue weighted by Gasteiger charge is -2.09. The van der Waals surface area contributed by atoms with Crippen molar-refractivity contribution in [3.63, 3.8) is 0 Å². The molecule has 0 saturated heterocycles. The summed E-state index contributed by atoms with van der Waals surface area (Å²) in [7, 11) is 0. The molecule has 0 aliphatic heterocycles. The van der Waals surface area contributed by atoms with E-state index in [1.165, 1.54) is 12.3 Å². The second-order valence-corrected chi connectivity index (χ2v) is 6.45. The van der Waals surface area contributed by atoms with Gasteiger partial charge in [0.15, 0.2) is 6.61 Å². The zero-order chi connectivity index (χ0) is 17.7. The van der Waals surface area contributed by atoms with Gasteiger partial charge in [0.05, 0.1) is 6.21 Å². The number of hydrogen-bond acceptors (Lipinski definition) is 4. The number of aryl methyl sites for hydroxylation is 2. The van der Waals surface area contributed by atoms with E-state index in [0.29, 0.717) is 16.3 Å². The number of benzene rings is 2. The number of aromatic hydroxyl groups is 1. The molecule has 0 spiro atoms. The number of hydrazone groups is 1. The number of phenols is 1. The van der Waals surface area contributed by atoms with Gasteiger partial charge in [-0.3, -0.25) is 4.79 Å². The Morgan fingerprint density at radius 3 is 2.67 bits per heavy atom. The van der Waals surface area contributed by atoms with Crippen molar-refractivity contribution >= 4 is 39.7 Å². The molecule has 0 bridgehead atoms. The molecule has 1 amide bonds. The van der Waals surface area contributed by atoms with Crippen molar-refractivity contribution in [1.29, 1.82) is 0 Å². The van der Waals surface area contributed by atoms with Crippen LogP contribution in [0.1, 0.15) is 16.7 Å². The van der Waals surface area contributed by atoms with Crippen LogP contribution in [0.3, 0.4) is 0 Å². The minimum atomic E-state index is -0.411. The van der Waals surface area contributed by atoms with Crippen molar-refractivity contribution in [1.82, 2.24) is 5.43 Å². The molecule has 0 saturated carbocycles. The Balaban J connectivity index is 1.90. The van der Waals surface area contributed by atoms with Crippen LogP contribution in [-0.4, -0.2) is 23.8 Å². The van der Waals surface area contributed by atoms with Gasteiger partial charge in [0.1, 0.15) is 11.5 Å². The highest BCUT2D eigenvalue weighted by Crippen LogP contribution is 2.25. The van der Waals surface area contributed by atoms with Gasteiger partial charge in [-0.25, -0.2) is 5.43 Å². The van der Waals surface area contributed by atoms with Crippen LogP contribution >= 0.6 is 27.5 Å². The molecular weight excluding hydrogens is 396 g/mol. The Kier molecular flexibility index (Phi) is 6.23. The van der Waals surface area contributed by atoms with Gasteiger partial charge in [0.25, 0.3) is 5.91 Å². The van der Waals surface area contributed by atoms with Gasteiger partial charge >= 0.3 is 0 Å². The molecule has 2 N–H and O–H groups in total. The van der Waals surface area contributed by atoms with E-state index in [1.807, 2.05) is 13.8 Å². The molecule has 0 heterocycles. The number of carbonyl (C=O) groups is 1. The molecule has 2 rings (SSSR count). The first-order valence-corrected chi connectivity index (χ1v) is 8.24. The summed E-state index contributed by atoms with van der Waals surface area (Å²) in [5.41, 5.74) is 4.59. The first kappa shape index (κ1) is 18.3. The van der Waals surface area contributed by atoms with Gasteiger partial charge in [0, 0.05) is 15.1 Å². The number of carbonyl (C=O) groups excluding carboxylic acids is 1. The molecule has 0 unspecified atom stereocenters. The van der Waals surface area contributed by atoms with Gasteiger partial charge in [-0.2, -0.15) is 5.10 Å². The van der Waals surface area contributed by atoms with Crippen molar-refractivity contribution in [2.75, 3.05) is 6.61 Å². The summed E-state index contributed by atoms with van der Waals surface area (Å²) in [6.45, 7) is 3.57. The molecule has 0 aliphatic carbocycles. The van der Waals surface area contributed by atoms with Crippen LogP contribution in [0.15, 0.2) is 39.9 Å². The van der Waals surface area contributed by atoms with Gasteiger partial charge in [-0.1, -0.05) is 27.5 Å². The van der Waals surface area contributed by atoms with E-state index in [4.69, 9.17) is 16.3 Å². The molecule has 126 valence electrons. The molecular formula is C17H16BrClN2O3. The maximum Gasteiger partial charge on any atom is 0.277 e. The van der Waals surface area contributed by atoms with Gasteiger partial charge in [-0.05, 0) is 55.3 Å². The third kappa shape index (κ3) is 4.97. The highest BCUT2D eigenvalue weighted by atomic mass is 79.9. The molecule has 0 radical (unpaired) electrons. The third-order valence-corrected chi connectivity index (χ3v) is 4.25. The highest BCUT2D eigenvalue weighted by Gasteiger charge is 2.06. The van der Waals surface area contributed by atoms with Crippen molar-refractivity contribution in [3.8, 4) is 11.5 Å². The summed E-state index contributed by atoms with van der Waals surface area (Å²) in [6.07, 6.45) is 1.36. The lowest BCUT2D eigenvalue weighted by Crippen LogP contribution is -2.24. The summed E-state index contributed by atoms with van der Waals surface area (Å²) < 4.78 is 6.22. The van der Waals surface area contributed by atoms with E-state index in [9.17, 15) is 9.90 Å². The predicted octanol–water partition coefficient (Wildman–Crippen LogP) is 3.95. The van der Waals surface area contributed by atoms with E-state index in [1.54, 1.807) is 24.3 Å². The number of phenolic OH excluding ortho intramolecular Hbond substituents is 1. The molecule has 7 heteroatoms. The predicted molar refractivity (Wildman–Crippen MR) is 98.0 cm³/mol. The van der Waals surface area contributed by atoms with Crippen LogP contribution in [0.4, 0.5) is 0 Å². The average molecular weight is 412 g/mol. The number of amides is 1. The standard InChI is InChI=1S/C17H16BrClN2O3/c1-10-5-14(6-11(2)17(10)19)24-9-16(23)21-20-8-12-7-13(18)3-4-15(12)22/h3-8,22H,9H2,1-2H3,(H,21,23)/b20-8+. The largest absolute Gasteiger partial charge is 0.507 e. The van der Waals surface area contributed by atoms with E-state index in [0.717, 1.165) is 15.6 Å². The second kappa shape index (κ2) is 8.17.